The summed E-state index contributed by atoms with van der Waals surface area (Å²) in [5.74, 6) is -0.0959. The third-order valence-electron chi connectivity index (χ3n) is 2.82. The Kier molecular flexibility index (Phi) is 3.49. The summed E-state index contributed by atoms with van der Waals surface area (Å²) in [4.78, 5) is 25.2. The smallest absolute Gasteiger partial charge is 0.355 e. The lowest BCUT2D eigenvalue weighted by Gasteiger charge is -2.48. The lowest BCUT2D eigenvalue weighted by molar-refractivity contribution is -0.152. The van der Waals surface area contributed by atoms with Gasteiger partial charge in [-0.3, -0.25) is 9.69 Å². The number of amides is 1. The topological polar surface area (TPSA) is 72.6 Å². The van der Waals surface area contributed by atoms with E-state index in [-0.39, 0.29) is 17.4 Å². The van der Waals surface area contributed by atoms with Crippen molar-refractivity contribution in [1.29, 1.82) is 0 Å². The van der Waals surface area contributed by atoms with E-state index in [9.17, 15) is 9.59 Å². The summed E-state index contributed by atoms with van der Waals surface area (Å²) in [6, 6.07) is -0.525. The Bertz CT molecular complexity index is 445. The number of β-lactam (4-membered cyclic amide) rings is 1. The summed E-state index contributed by atoms with van der Waals surface area (Å²) >= 11 is 1.54. The molecule has 1 unspecified atom stereocenters. The zero-order valence-electron chi connectivity index (χ0n) is 10.4. The fourth-order valence-corrected chi connectivity index (χ4v) is 3.24. The molecule has 0 spiro atoms. The van der Waals surface area contributed by atoms with Gasteiger partial charge >= 0.3 is 5.97 Å². The number of carbonyl (C=O) groups excluding carboxylic acids is 2. The van der Waals surface area contributed by atoms with Crippen LogP contribution in [0.15, 0.2) is 23.9 Å². The molecule has 2 heterocycles. The van der Waals surface area contributed by atoms with Gasteiger partial charge in [0.05, 0.1) is 6.10 Å². The summed E-state index contributed by atoms with van der Waals surface area (Å²) in [5.41, 5.74) is 6.74. The minimum Gasteiger partial charge on any atom is -0.458 e. The predicted molar refractivity (Wildman–Crippen MR) is 69.5 cm³/mol. The van der Waals surface area contributed by atoms with E-state index in [1.807, 2.05) is 0 Å². The molecule has 6 heteroatoms. The zero-order valence-corrected chi connectivity index (χ0v) is 11.2. The number of nitrogens with zero attached hydrogens (tertiary/aromatic N) is 1. The Morgan fingerprint density at radius 2 is 2.33 bits per heavy atom. The van der Waals surface area contributed by atoms with Crippen LogP contribution in [0.25, 0.3) is 0 Å². The molecule has 2 aliphatic heterocycles. The first-order valence-corrected chi connectivity index (χ1v) is 6.79. The van der Waals surface area contributed by atoms with Gasteiger partial charge in [0.15, 0.2) is 0 Å². The van der Waals surface area contributed by atoms with Gasteiger partial charge in [-0.1, -0.05) is 12.7 Å². The first kappa shape index (κ1) is 13.2. The van der Waals surface area contributed by atoms with E-state index in [0.717, 1.165) is 5.57 Å². The van der Waals surface area contributed by atoms with Gasteiger partial charge in [-0.2, -0.15) is 0 Å². The Balaban J connectivity index is 2.32. The summed E-state index contributed by atoms with van der Waals surface area (Å²) < 4.78 is 5.17. The summed E-state index contributed by atoms with van der Waals surface area (Å²) in [7, 11) is 0. The Hall–Kier alpha value is -1.27. The number of hydrogen-bond donors (Lipinski definition) is 1. The number of thioether (sulfide) groups is 1. The molecule has 2 atom stereocenters. The van der Waals surface area contributed by atoms with Gasteiger partial charge in [-0.15, -0.1) is 11.8 Å². The SMILES string of the molecule is C=CC1=C(C(=O)OC(C)C)N2C(=O)C(N)[C@@H]2SC1. The molecule has 1 fully saturated rings. The molecule has 98 valence electrons. The van der Waals surface area contributed by atoms with Crippen molar-refractivity contribution < 1.29 is 14.3 Å². The number of esters is 1. The molecule has 2 rings (SSSR count). The molecule has 0 bridgehead atoms. The van der Waals surface area contributed by atoms with Gasteiger partial charge in [0.25, 0.3) is 0 Å². The molecular weight excluding hydrogens is 252 g/mol. The van der Waals surface area contributed by atoms with Crippen LogP contribution in [0.5, 0.6) is 0 Å². The maximum absolute atomic E-state index is 12.0. The summed E-state index contributed by atoms with van der Waals surface area (Å²) in [6.45, 7) is 7.21. The van der Waals surface area contributed by atoms with Crippen molar-refractivity contribution in [2.24, 2.45) is 5.73 Å². The van der Waals surface area contributed by atoms with Crippen molar-refractivity contribution in [1.82, 2.24) is 4.90 Å². The maximum Gasteiger partial charge on any atom is 0.355 e. The highest BCUT2D eigenvalue weighted by Crippen LogP contribution is 2.39. The van der Waals surface area contributed by atoms with E-state index in [2.05, 4.69) is 6.58 Å². The third kappa shape index (κ3) is 1.95. The molecule has 0 aromatic rings. The zero-order chi connectivity index (χ0) is 13.4. The van der Waals surface area contributed by atoms with E-state index in [1.165, 1.54) is 4.90 Å². The summed E-state index contributed by atoms with van der Waals surface area (Å²) in [6.07, 6.45) is 1.37. The number of carbonyl (C=O) groups is 2. The number of allylic oxidation sites excluding steroid dienone is 1. The first-order valence-electron chi connectivity index (χ1n) is 5.74. The van der Waals surface area contributed by atoms with E-state index in [0.29, 0.717) is 11.4 Å². The van der Waals surface area contributed by atoms with Crippen LogP contribution in [0, 0.1) is 0 Å². The number of rotatable bonds is 3. The molecule has 1 amide bonds. The molecule has 0 aliphatic carbocycles. The normalized spacial score (nSPS) is 26.9. The molecule has 5 nitrogen and oxygen atoms in total. The molecule has 0 aromatic heterocycles. The minimum atomic E-state index is -0.525. The quantitative estimate of drug-likeness (QED) is 0.600. The van der Waals surface area contributed by atoms with Crippen LogP contribution in [0.2, 0.25) is 0 Å². The number of ether oxygens (including phenoxy) is 1. The average Bonchev–Trinajstić information content (AvgIpc) is 2.35. The maximum atomic E-state index is 12.0. The first-order chi connectivity index (χ1) is 8.47. The average molecular weight is 268 g/mol. The highest BCUT2D eigenvalue weighted by molar-refractivity contribution is 8.00. The van der Waals surface area contributed by atoms with Crippen molar-refractivity contribution in [3.8, 4) is 0 Å². The Morgan fingerprint density at radius 3 is 2.89 bits per heavy atom. The van der Waals surface area contributed by atoms with Crippen LogP contribution in [0.4, 0.5) is 0 Å². The van der Waals surface area contributed by atoms with Crippen molar-refractivity contribution >= 4 is 23.6 Å². The van der Waals surface area contributed by atoms with E-state index in [1.54, 1.807) is 31.7 Å². The van der Waals surface area contributed by atoms with Crippen molar-refractivity contribution in [3.63, 3.8) is 0 Å². The highest BCUT2D eigenvalue weighted by atomic mass is 32.2. The van der Waals surface area contributed by atoms with Gasteiger partial charge in [0, 0.05) is 5.75 Å². The van der Waals surface area contributed by atoms with Crippen LogP contribution in [0.3, 0.4) is 0 Å². The van der Waals surface area contributed by atoms with Gasteiger partial charge in [-0.05, 0) is 19.4 Å². The van der Waals surface area contributed by atoms with Crippen molar-refractivity contribution in [2.75, 3.05) is 5.75 Å². The summed E-state index contributed by atoms with van der Waals surface area (Å²) in [5, 5.41) is -0.157. The molecule has 0 aromatic carbocycles. The number of nitrogens with two attached hydrogens (primary N) is 1. The van der Waals surface area contributed by atoms with Crippen LogP contribution < -0.4 is 5.73 Å². The van der Waals surface area contributed by atoms with Crippen molar-refractivity contribution in [2.45, 2.75) is 31.4 Å². The Labute approximate surface area is 110 Å². The largest absolute Gasteiger partial charge is 0.458 e. The van der Waals surface area contributed by atoms with E-state index < -0.39 is 12.0 Å². The third-order valence-corrected chi connectivity index (χ3v) is 4.14. The minimum absolute atomic E-state index is 0.157. The van der Waals surface area contributed by atoms with E-state index >= 15 is 0 Å². The monoisotopic (exact) mass is 268 g/mol. The second kappa shape index (κ2) is 4.78. The number of hydrogen-bond acceptors (Lipinski definition) is 5. The Morgan fingerprint density at radius 1 is 1.67 bits per heavy atom. The van der Waals surface area contributed by atoms with E-state index in [4.69, 9.17) is 10.5 Å². The second-order valence-electron chi connectivity index (χ2n) is 4.47. The van der Waals surface area contributed by atoms with Crippen LogP contribution in [0.1, 0.15) is 13.8 Å². The second-order valence-corrected chi connectivity index (χ2v) is 5.57. The van der Waals surface area contributed by atoms with Gasteiger partial charge in [-0.25, -0.2) is 4.79 Å². The fourth-order valence-electron chi connectivity index (χ4n) is 1.96. The molecule has 2 N–H and O–H groups in total. The molecule has 0 radical (unpaired) electrons. The molecule has 18 heavy (non-hydrogen) atoms. The standard InChI is InChI=1S/C12H16N2O3S/c1-4-7-5-18-11-8(13)10(15)14(11)9(7)12(16)17-6(2)3/h4,6,8,11H,1,5,13H2,2-3H3/t8?,11-/m0/s1. The predicted octanol–water partition coefficient (Wildman–Crippen LogP) is 0.620. The van der Waals surface area contributed by atoms with Gasteiger partial charge in [0.1, 0.15) is 17.1 Å². The molecule has 2 aliphatic rings. The lowest BCUT2D eigenvalue weighted by atomic mass is 10.0. The van der Waals surface area contributed by atoms with Gasteiger partial charge in [0.2, 0.25) is 5.91 Å². The van der Waals surface area contributed by atoms with Gasteiger partial charge < -0.3 is 10.5 Å². The molecular formula is C12H16N2O3S. The fraction of sp³-hybridized carbons (Fsp3) is 0.500. The molecule has 1 saturated heterocycles. The van der Waals surface area contributed by atoms with Crippen LogP contribution >= 0.6 is 11.8 Å². The van der Waals surface area contributed by atoms with Crippen LogP contribution in [-0.4, -0.2) is 40.0 Å². The lowest BCUT2D eigenvalue weighted by Crippen LogP contribution is -2.68. The highest BCUT2D eigenvalue weighted by Gasteiger charge is 2.51. The van der Waals surface area contributed by atoms with Crippen molar-refractivity contribution in [3.05, 3.63) is 23.9 Å². The number of fused-ring (bicyclic) bond motifs is 1. The van der Waals surface area contributed by atoms with Crippen LogP contribution in [-0.2, 0) is 14.3 Å². The molecule has 0 saturated carbocycles.